The van der Waals surface area contributed by atoms with Crippen molar-refractivity contribution in [2.24, 2.45) is 0 Å². The SMILES string of the molecule is CS(=O)(=O)Nc1cccc(Nc2nccc(-c3ccc4[nH]cnc4c3)n2)c1. The van der Waals surface area contributed by atoms with E-state index in [0.717, 1.165) is 28.5 Å². The molecule has 0 unspecified atom stereocenters. The molecule has 0 aliphatic heterocycles. The van der Waals surface area contributed by atoms with Gasteiger partial charge in [0.1, 0.15) is 0 Å². The summed E-state index contributed by atoms with van der Waals surface area (Å²) in [6.45, 7) is 0. The van der Waals surface area contributed by atoms with Gasteiger partial charge in [-0.1, -0.05) is 12.1 Å². The van der Waals surface area contributed by atoms with Gasteiger partial charge in [-0.15, -0.1) is 0 Å². The number of benzene rings is 2. The Morgan fingerprint density at radius 2 is 1.85 bits per heavy atom. The van der Waals surface area contributed by atoms with Crippen LogP contribution >= 0.6 is 0 Å². The first-order valence-corrected chi connectivity index (χ1v) is 9.97. The Morgan fingerprint density at radius 3 is 2.70 bits per heavy atom. The largest absolute Gasteiger partial charge is 0.345 e. The number of anilines is 3. The van der Waals surface area contributed by atoms with E-state index in [0.29, 0.717) is 17.3 Å². The lowest BCUT2D eigenvalue weighted by atomic mass is 10.1. The number of H-pyrrole nitrogens is 1. The van der Waals surface area contributed by atoms with Crippen molar-refractivity contribution < 1.29 is 8.42 Å². The summed E-state index contributed by atoms with van der Waals surface area (Å²) in [6, 6.07) is 14.6. The molecule has 0 fully saturated rings. The third kappa shape index (κ3) is 4.04. The number of fused-ring (bicyclic) bond motifs is 1. The maximum Gasteiger partial charge on any atom is 0.229 e. The average molecular weight is 380 g/mol. The first-order chi connectivity index (χ1) is 13.0. The molecule has 9 heteroatoms. The van der Waals surface area contributed by atoms with Crippen molar-refractivity contribution in [3.63, 3.8) is 0 Å². The van der Waals surface area contributed by atoms with Gasteiger partial charge in [0, 0.05) is 17.4 Å². The summed E-state index contributed by atoms with van der Waals surface area (Å²) in [7, 11) is -3.34. The fourth-order valence-corrected chi connectivity index (χ4v) is 3.23. The van der Waals surface area contributed by atoms with Crippen molar-refractivity contribution >= 4 is 38.4 Å². The second kappa shape index (κ2) is 6.69. The van der Waals surface area contributed by atoms with Gasteiger partial charge in [-0.05, 0) is 36.4 Å². The minimum Gasteiger partial charge on any atom is -0.345 e. The van der Waals surface area contributed by atoms with Gasteiger partial charge in [0.05, 0.1) is 35.0 Å². The summed E-state index contributed by atoms with van der Waals surface area (Å²) in [6.07, 6.45) is 4.42. The highest BCUT2D eigenvalue weighted by Crippen LogP contribution is 2.23. The summed E-state index contributed by atoms with van der Waals surface area (Å²) in [4.78, 5) is 16.1. The molecule has 2 heterocycles. The van der Waals surface area contributed by atoms with Gasteiger partial charge in [-0.25, -0.2) is 23.4 Å². The van der Waals surface area contributed by atoms with Gasteiger partial charge in [0.25, 0.3) is 0 Å². The zero-order valence-corrected chi connectivity index (χ0v) is 15.2. The number of aromatic amines is 1. The molecule has 0 spiro atoms. The molecule has 4 rings (SSSR count). The van der Waals surface area contributed by atoms with Crippen molar-refractivity contribution in [3.8, 4) is 11.3 Å². The van der Waals surface area contributed by atoms with Crippen molar-refractivity contribution in [1.82, 2.24) is 19.9 Å². The highest BCUT2D eigenvalue weighted by Gasteiger charge is 2.07. The molecule has 136 valence electrons. The molecule has 8 nitrogen and oxygen atoms in total. The number of imidazole rings is 1. The minimum atomic E-state index is -3.34. The molecule has 0 aliphatic rings. The van der Waals surface area contributed by atoms with Crippen LogP contribution in [0.4, 0.5) is 17.3 Å². The van der Waals surface area contributed by atoms with E-state index in [9.17, 15) is 8.42 Å². The van der Waals surface area contributed by atoms with E-state index in [1.54, 1.807) is 36.8 Å². The monoisotopic (exact) mass is 380 g/mol. The highest BCUT2D eigenvalue weighted by atomic mass is 32.2. The molecular weight excluding hydrogens is 364 g/mol. The van der Waals surface area contributed by atoms with Crippen LogP contribution in [-0.4, -0.2) is 34.6 Å². The number of nitrogens with zero attached hydrogens (tertiary/aromatic N) is 3. The van der Waals surface area contributed by atoms with E-state index < -0.39 is 10.0 Å². The molecule has 0 bridgehead atoms. The number of hydrogen-bond acceptors (Lipinski definition) is 6. The fourth-order valence-electron chi connectivity index (χ4n) is 2.67. The number of rotatable bonds is 5. The van der Waals surface area contributed by atoms with Crippen LogP contribution < -0.4 is 10.0 Å². The van der Waals surface area contributed by atoms with Crippen molar-refractivity contribution in [1.29, 1.82) is 0 Å². The first-order valence-electron chi connectivity index (χ1n) is 8.08. The number of hydrogen-bond donors (Lipinski definition) is 3. The van der Waals surface area contributed by atoms with Gasteiger partial charge in [0.15, 0.2) is 0 Å². The van der Waals surface area contributed by atoms with Gasteiger partial charge in [0.2, 0.25) is 16.0 Å². The predicted octanol–water partition coefficient (Wildman–Crippen LogP) is 3.14. The molecule has 4 aromatic rings. The third-order valence-electron chi connectivity index (χ3n) is 3.79. The standard InChI is InChI=1S/C18H16N6O2S/c1-27(25,26)24-14-4-2-3-13(10-14)22-18-19-8-7-15(23-18)12-5-6-16-17(9-12)21-11-20-16/h2-11,24H,1H3,(H,20,21)(H,19,22,23). The second-order valence-electron chi connectivity index (χ2n) is 5.98. The third-order valence-corrected chi connectivity index (χ3v) is 4.40. The molecule has 27 heavy (non-hydrogen) atoms. The molecule has 2 aromatic carbocycles. The van der Waals surface area contributed by atoms with Gasteiger partial charge >= 0.3 is 0 Å². The number of aromatic nitrogens is 4. The lowest BCUT2D eigenvalue weighted by Crippen LogP contribution is -2.09. The first kappa shape index (κ1) is 17.0. The summed E-state index contributed by atoms with van der Waals surface area (Å²) in [5.74, 6) is 0.408. The lowest BCUT2D eigenvalue weighted by molar-refractivity contribution is 0.607. The van der Waals surface area contributed by atoms with Crippen LogP contribution in [-0.2, 0) is 10.0 Å². The predicted molar refractivity (Wildman–Crippen MR) is 105 cm³/mol. The smallest absolute Gasteiger partial charge is 0.229 e. The molecule has 2 aromatic heterocycles. The van der Waals surface area contributed by atoms with Crippen LogP contribution in [0, 0.1) is 0 Å². The maximum atomic E-state index is 11.4. The van der Waals surface area contributed by atoms with Crippen molar-refractivity contribution in [3.05, 3.63) is 61.1 Å². The van der Waals surface area contributed by atoms with Crippen molar-refractivity contribution in [2.75, 3.05) is 16.3 Å². The zero-order chi connectivity index (χ0) is 18.9. The Hall–Kier alpha value is -3.46. The van der Waals surface area contributed by atoms with Crippen molar-refractivity contribution in [2.45, 2.75) is 0 Å². The van der Waals surface area contributed by atoms with E-state index in [4.69, 9.17) is 0 Å². The summed E-state index contributed by atoms with van der Waals surface area (Å²) in [5, 5.41) is 3.09. The Morgan fingerprint density at radius 1 is 1.00 bits per heavy atom. The molecular formula is C18H16N6O2S. The molecule has 0 radical (unpaired) electrons. The summed E-state index contributed by atoms with van der Waals surface area (Å²) in [5.41, 5.74) is 4.63. The van der Waals surface area contributed by atoms with E-state index in [-0.39, 0.29) is 0 Å². The Balaban J connectivity index is 1.60. The van der Waals surface area contributed by atoms with Crippen LogP contribution in [0.25, 0.3) is 22.3 Å². The van der Waals surface area contributed by atoms with Crippen LogP contribution in [0.2, 0.25) is 0 Å². The van der Waals surface area contributed by atoms with Gasteiger partial charge in [-0.2, -0.15) is 0 Å². The van der Waals surface area contributed by atoms with Crippen LogP contribution in [0.5, 0.6) is 0 Å². The summed E-state index contributed by atoms with van der Waals surface area (Å²) < 4.78 is 25.2. The lowest BCUT2D eigenvalue weighted by Gasteiger charge is -2.09. The van der Waals surface area contributed by atoms with E-state index in [1.165, 1.54) is 0 Å². The Bertz CT molecular complexity index is 1220. The Labute approximate surface area is 155 Å². The number of nitrogens with one attached hydrogen (secondary N) is 3. The normalized spacial score (nSPS) is 11.4. The Kier molecular flexibility index (Phi) is 4.21. The quantitative estimate of drug-likeness (QED) is 0.490. The number of sulfonamides is 1. The van der Waals surface area contributed by atoms with Crippen LogP contribution in [0.1, 0.15) is 0 Å². The molecule has 0 saturated carbocycles. The molecule has 0 atom stereocenters. The van der Waals surface area contributed by atoms with Crippen LogP contribution in [0.3, 0.4) is 0 Å². The molecule has 0 aliphatic carbocycles. The van der Waals surface area contributed by atoms with Gasteiger partial charge < -0.3 is 10.3 Å². The topological polar surface area (TPSA) is 113 Å². The van der Waals surface area contributed by atoms with Gasteiger partial charge in [-0.3, -0.25) is 4.72 Å². The maximum absolute atomic E-state index is 11.4. The molecule has 0 saturated heterocycles. The zero-order valence-electron chi connectivity index (χ0n) is 14.3. The fraction of sp³-hybridized carbons (Fsp3) is 0.0556. The molecule has 3 N–H and O–H groups in total. The van der Waals surface area contributed by atoms with E-state index >= 15 is 0 Å². The highest BCUT2D eigenvalue weighted by molar-refractivity contribution is 7.92. The molecule has 0 amide bonds. The van der Waals surface area contributed by atoms with Crippen LogP contribution in [0.15, 0.2) is 61.1 Å². The minimum absolute atomic E-state index is 0.408. The second-order valence-corrected chi connectivity index (χ2v) is 7.73. The average Bonchev–Trinajstić information content (AvgIpc) is 3.08. The van der Waals surface area contributed by atoms with E-state index in [2.05, 4.69) is 30.0 Å². The summed E-state index contributed by atoms with van der Waals surface area (Å²) >= 11 is 0. The van der Waals surface area contributed by atoms with E-state index in [1.807, 2.05) is 24.3 Å².